The van der Waals surface area contributed by atoms with Crippen molar-refractivity contribution in [3.05, 3.63) is 35.5 Å². The molecule has 19 heavy (non-hydrogen) atoms. The van der Waals surface area contributed by atoms with Crippen LogP contribution in [-0.4, -0.2) is 9.97 Å². The van der Waals surface area contributed by atoms with Gasteiger partial charge < -0.3 is 9.84 Å². The molecule has 0 atom stereocenters. The van der Waals surface area contributed by atoms with Gasteiger partial charge in [0.2, 0.25) is 0 Å². The summed E-state index contributed by atoms with van der Waals surface area (Å²) in [4.78, 5) is 9.01. The lowest BCUT2D eigenvalue weighted by Gasteiger charge is -2.12. The van der Waals surface area contributed by atoms with Crippen molar-refractivity contribution in [2.24, 2.45) is 5.84 Å². The predicted molar refractivity (Wildman–Crippen MR) is 76.9 cm³/mol. The van der Waals surface area contributed by atoms with Gasteiger partial charge in [-0.15, -0.1) is 0 Å². The van der Waals surface area contributed by atoms with Crippen LogP contribution < -0.4 is 11.3 Å². The molecule has 2 aromatic rings. The Labute approximate surface area is 117 Å². The van der Waals surface area contributed by atoms with Gasteiger partial charge >= 0.3 is 0 Å². The van der Waals surface area contributed by atoms with Crippen molar-refractivity contribution in [2.75, 3.05) is 5.43 Å². The Hall–Kier alpha value is -1.53. The van der Waals surface area contributed by atoms with Crippen molar-refractivity contribution in [3.63, 3.8) is 0 Å². The minimum Gasteiger partial charge on any atom is -0.468 e. The monoisotopic (exact) mass is 278 g/mol. The Morgan fingerprint density at radius 1 is 1.42 bits per heavy atom. The minimum absolute atomic E-state index is 0.260. The van der Waals surface area contributed by atoms with Gasteiger partial charge in [0.15, 0.2) is 0 Å². The van der Waals surface area contributed by atoms with Crippen LogP contribution in [0.2, 0.25) is 0 Å². The summed E-state index contributed by atoms with van der Waals surface area (Å²) in [5.74, 6) is 8.91. The van der Waals surface area contributed by atoms with E-state index < -0.39 is 0 Å². The van der Waals surface area contributed by atoms with E-state index in [2.05, 4.69) is 29.2 Å². The molecule has 0 aliphatic rings. The molecule has 0 bridgehead atoms. The molecule has 3 N–H and O–H groups in total. The first-order valence-corrected chi connectivity index (χ1v) is 7.10. The molecule has 2 rings (SSSR count). The Morgan fingerprint density at radius 3 is 2.79 bits per heavy atom. The van der Waals surface area contributed by atoms with Crippen LogP contribution in [0.3, 0.4) is 0 Å². The Morgan fingerprint density at radius 2 is 2.21 bits per heavy atom. The van der Waals surface area contributed by atoms with Gasteiger partial charge in [-0.05, 0) is 19.1 Å². The highest BCUT2D eigenvalue weighted by Gasteiger charge is 2.13. The average Bonchev–Trinajstić information content (AvgIpc) is 2.90. The molecule has 0 unspecified atom stereocenters. The molecule has 0 aliphatic heterocycles. The number of nitrogens with one attached hydrogen (secondary N) is 1. The highest BCUT2D eigenvalue weighted by molar-refractivity contribution is 7.98. The number of hydrogen-bond donors (Lipinski definition) is 2. The molecule has 0 saturated carbocycles. The van der Waals surface area contributed by atoms with Crippen LogP contribution in [-0.2, 0) is 5.75 Å². The van der Waals surface area contributed by atoms with Crippen LogP contribution in [0.5, 0.6) is 0 Å². The molecule has 0 aliphatic carbocycles. The Kier molecular flexibility index (Phi) is 4.44. The number of nitrogens with two attached hydrogens (primary N) is 1. The third-order valence-corrected chi connectivity index (χ3v) is 3.80. The van der Waals surface area contributed by atoms with Crippen LogP contribution in [0.15, 0.2) is 27.8 Å². The summed E-state index contributed by atoms with van der Waals surface area (Å²) in [6.45, 7) is 6.08. The first-order chi connectivity index (χ1) is 9.11. The maximum absolute atomic E-state index is 5.51. The van der Waals surface area contributed by atoms with Crippen LogP contribution in [0.25, 0.3) is 0 Å². The molecule has 0 amide bonds. The molecule has 0 spiro atoms. The van der Waals surface area contributed by atoms with Crippen molar-refractivity contribution >= 4 is 17.6 Å². The van der Waals surface area contributed by atoms with Gasteiger partial charge in [-0.3, -0.25) is 0 Å². The van der Waals surface area contributed by atoms with Crippen molar-refractivity contribution in [1.82, 2.24) is 9.97 Å². The average molecular weight is 278 g/mol. The number of hydrazine groups is 1. The highest BCUT2D eigenvalue weighted by Crippen LogP contribution is 2.29. The van der Waals surface area contributed by atoms with Gasteiger partial charge in [-0.1, -0.05) is 25.6 Å². The van der Waals surface area contributed by atoms with Crippen LogP contribution in [0.1, 0.15) is 36.9 Å². The van der Waals surface area contributed by atoms with Gasteiger partial charge in [0.1, 0.15) is 22.4 Å². The fraction of sp³-hybridized carbons (Fsp3) is 0.385. The molecule has 0 aromatic carbocycles. The van der Waals surface area contributed by atoms with E-state index in [1.807, 2.05) is 19.1 Å². The molecule has 0 fully saturated rings. The number of aromatic nitrogens is 2. The summed E-state index contributed by atoms with van der Waals surface area (Å²) in [6, 6.07) is 3.84. The molecule has 5 nitrogen and oxygen atoms in total. The van der Waals surface area contributed by atoms with E-state index in [1.54, 1.807) is 18.0 Å². The summed E-state index contributed by atoms with van der Waals surface area (Å²) in [7, 11) is 0. The quantitative estimate of drug-likeness (QED) is 0.379. The molecule has 102 valence electrons. The number of hydrogen-bond acceptors (Lipinski definition) is 6. The lowest BCUT2D eigenvalue weighted by molar-refractivity contribution is 0.530. The second-order valence-electron chi connectivity index (χ2n) is 4.53. The second-order valence-corrected chi connectivity index (χ2v) is 5.49. The molecular weight excluding hydrogens is 260 g/mol. The van der Waals surface area contributed by atoms with Gasteiger partial charge in [-0.25, -0.2) is 15.8 Å². The molecule has 2 aromatic heterocycles. The van der Waals surface area contributed by atoms with Crippen molar-refractivity contribution in [2.45, 2.75) is 37.5 Å². The first kappa shape index (κ1) is 13.9. The van der Waals surface area contributed by atoms with E-state index in [1.165, 1.54) is 0 Å². The highest BCUT2D eigenvalue weighted by atomic mass is 32.2. The van der Waals surface area contributed by atoms with E-state index in [0.29, 0.717) is 5.82 Å². The first-order valence-electron chi connectivity index (χ1n) is 6.12. The van der Waals surface area contributed by atoms with Crippen LogP contribution in [0, 0.1) is 6.92 Å². The van der Waals surface area contributed by atoms with Crippen molar-refractivity contribution < 1.29 is 4.42 Å². The molecule has 6 heteroatoms. The zero-order valence-corrected chi connectivity index (χ0v) is 12.1. The largest absolute Gasteiger partial charge is 0.468 e. The number of anilines is 1. The third kappa shape index (κ3) is 3.27. The zero-order chi connectivity index (χ0) is 13.8. The molecular formula is C13H18N4OS. The lowest BCUT2D eigenvalue weighted by Crippen LogP contribution is -2.13. The minimum atomic E-state index is 0.260. The number of nitrogen functional groups attached to an aromatic ring is 1. The Balaban J connectivity index is 2.24. The maximum atomic E-state index is 5.51. The Bertz CT molecular complexity index is 540. The SMILES string of the molecule is Cc1c(NN)nc(C(C)C)nc1SCc1ccco1. The predicted octanol–water partition coefficient (Wildman–Crippen LogP) is 3.08. The number of thioether (sulfide) groups is 1. The summed E-state index contributed by atoms with van der Waals surface area (Å²) < 4.78 is 5.32. The van der Waals surface area contributed by atoms with E-state index >= 15 is 0 Å². The van der Waals surface area contributed by atoms with Gasteiger partial charge in [-0.2, -0.15) is 0 Å². The van der Waals surface area contributed by atoms with Gasteiger partial charge in [0, 0.05) is 11.5 Å². The topological polar surface area (TPSA) is 77.0 Å². The van der Waals surface area contributed by atoms with E-state index in [-0.39, 0.29) is 5.92 Å². The zero-order valence-electron chi connectivity index (χ0n) is 11.3. The maximum Gasteiger partial charge on any atom is 0.147 e. The van der Waals surface area contributed by atoms with Gasteiger partial charge in [0.25, 0.3) is 0 Å². The van der Waals surface area contributed by atoms with Crippen molar-refractivity contribution in [1.29, 1.82) is 0 Å². The van der Waals surface area contributed by atoms with Gasteiger partial charge in [0.05, 0.1) is 12.0 Å². The fourth-order valence-corrected chi connectivity index (χ4v) is 2.50. The molecule has 0 radical (unpaired) electrons. The summed E-state index contributed by atoms with van der Waals surface area (Å²) in [6.07, 6.45) is 1.68. The van der Waals surface area contributed by atoms with E-state index in [0.717, 1.165) is 27.9 Å². The number of nitrogens with zero attached hydrogens (tertiary/aromatic N) is 2. The van der Waals surface area contributed by atoms with Crippen LogP contribution in [0.4, 0.5) is 5.82 Å². The fourth-order valence-electron chi connectivity index (χ4n) is 1.59. The normalized spacial score (nSPS) is 11.0. The summed E-state index contributed by atoms with van der Waals surface area (Å²) >= 11 is 1.63. The third-order valence-electron chi connectivity index (χ3n) is 2.70. The molecule has 0 saturated heterocycles. The van der Waals surface area contributed by atoms with E-state index in [4.69, 9.17) is 10.3 Å². The van der Waals surface area contributed by atoms with Crippen LogP contribution >= 0.6 is 11.8 Å². The standard InChI is InChI=1S/C13H18N4OS/c1-8(2)11-15-12(17-14)9(3)13(16-11)19-7-10-5-4-6-18-10/h4-6,8H,7,14H2,1-3H3,(H,15,16,17). The smallest absolute Gasteiger partial charge is 0.147 e. The summed E-state index contributed by atoms with van der Waals surface area (Å²) in [5.41, 5.74) is 3.60. The number of furan rings is 1. The summed E-state index contributed by atoms with van der Waals surface area (Å²) in [5, 5.41) is 0.933. The molecule has 2 heterocycles. The number of rotatable bonds is 5. The lowest BCUT2D eigenvalue weighted by atomic mass is 10.2. The van der Waals surface area contributed by atoms with Crippen molar-refractivity contribution in [3.8, 4) is 0 Å². The van der Waals surface area contributed by atoms with E-state index in [9.17, 15) is 0 Å². The second kappa shape index (κ2) is 6.08.